The molecule has 0 bridgehead atoms. The van der Waals surface area contributed by atoms with Gasteiger partial charge in [0.1, 0.15) is 0 Å². The molecule has 74 valence electrons. The molecule has 1 N–H and O–H groups in total. The Morgan fingerprint density at radius 1 is 1.54 bits per heavy atom. The fourth-order valence-electron chi connectivity index (χ4n) is 2.36. The minimum Gasteiger partial charge on any atom is -0.395 e. The summed E-state index contributed by atoms with van der Waals surface area (Å²) in [5.74, 6) is 0.177. The zero-order chi connectivity index (χ0) is 9.42. The summed E-state index contributed by atoms with van der Waals surface area (Å²) < 4.78 is 0. The van der Waals surface area contributed by atoms with Gasteiger partial charge in [-0.3, -0.25) is 9.69 Å². The van der Waals surface area contributed by atoms with Crippen molar-refractivity contribution in [1.29, 1.82) is 0 Å². The third kappa shape index (κ3) is 1.44. The fraction of sp³-hybridized carbons (Fsp3) is 0.889. The molecule has 2 unspecified atom stereocenters. The molecule has 2 heterocycles. The quantitative estimate of drug-likeness (QED) is 0.585. The number of nitrogens with zero attached hydrogens (tertiary/aromatic N) is 2. The van der Waals surface area contributed by atoms with E-state index in [4.69, 9.17) is 5.11 Å². The molecule has 0 aromatic heterocycles. The highest BCUT2D eigenvalue weighted by Gasteiger charge is 2.38. The Morgan fingerprint density at radius 2 is 2.31 bits per heavy atom. The molecule has 2 aliphatic rings. The number of aliphatic hydroxyl groups is 1. The van der Waals surface area contributed by atoms with Crippen LogP contribution in [-0.4, -0.2) is 59.6 Å². The lowest BCUT2D eigenvalue weighted by molar-refractivity contribution is -0.136. The second kappa shape index (κ2) is 3.27. The van der Waals surface area contributed by atoms with Crippen molar-refractivity contribution in [3.8, 4) is 0 Å². The second-order valence-corrected chi connectivity index (χ2v) is 4.01. The Hall–Kier alpha value is -0.610. The molecule has 0 aliphatic carbocycles. The van der Waals surface area contributed by atoms with Gasteiger partial charge in [-0.05, 0) is 12.8 Å². The fourth-order valence-corrected chi connectivity index (χ4v) is 2.36. The van der Waals surface area contributed by atoms with E-state index >= 15 is 0 Å². The van der Waals surface area contributed by atoms with Crippen LogP contribution >= 0.6 is 0 Å². The van der Waals surface area contributed by atoms with Gasteiger partial charge in [0.15, 0.2) is 0 Å². The van der Waals surface area contributed by atoms with Crippen molar-refractivity contribution in [2.24, 2.45) is 0 Å². The van der Waals surface area contributed by atoms with E-state index in [1.54, 1.807) is 4.90 Å². The number of piperazine rings is 1. The third-order valence-corrected chi connectivity index (χ3v) is 3.21. The van der Waals surface area contributed by atoms with Gasteiger partial charge in [0.25, 0.3) is 0 Å². The number of rotatable bonds is 1. The lowest BCUT2D eigenvalue weighted by Gasteiger charge is -2.37. The first-order valence-electron chi connectivity index (χ1n) is 4.83. The minimum absolute atomic E-state index is 0.177. The van der Waals surface area contributed by atoms with E-state index in [0.717, 1.165) is 19.4 Å². The SMILES string of the molecule is CN1CC2CCC(CO)N2CC1=O. The molecule has 2 atom stereocenters. The molecule has 4 heteroatoms. The smallest absolute Gasteiger partial charge is 0.236 e. The van der Waals surface area contributed by atoms with Crippen molar-refractivity contribution in [1.82, 2.24) is 9.80 Å². The number of hydrogen-bond donors (Lipinski definition) is 1. The Labute approximate surface area is 78.1 Å². The minimum atomic E-state index is 0.177. The number of hydrogen-bond acceptors (Lipinski definition) is 3. The first-order valence-corrected chi connectivity index (χ1v) is 4.83. The summed E-state index contributed by atoms with van der Waals surface area (Å²) in [4.78, 5) is 15.3. The van der Waals surface area contributed by atoms with Gasteiger partial charge in [-0.15, -0.1) is 0 Å². The van der Waals surface area contributed by atoms with Crippen LogP contribution in [0.3, 0.4) is 0 Å². The van der Waals surface area contributed by atoms with Crippen molar-refractivity contribution in [2.75, 3.05) is 26.7 Å². The van der Waals surface area contributed by atoms with Crippen LogP contribution in [0, 0.1) is 0 Å². The van der Waals surface area contributed by atoms with E-state index in [0.29, 0.717) is 12.6 Å². The molecule has 0 aromatic rings. The van der Waals surface area contributed by atoms with Gasteiger partial charge in [-0.1, -0.05) is 0 Å². The molecule has 0 saturated carbocycles. The van der Waals surface area contributed by atoms with Crippen LogP contribution in [0.1, 0.15) is 12.8 Å². The average molecular weight is 184 g/mol. The number of carbonyl (C=O) groups excluding carboxylic acids is 1. The largest absolute Gasteiger partial charge is 0.395 e. The van der Waals surface area contributed by atoms with E-state index in [1.807, 2.05) is 7.05 Å². The molecule has 0 spiro atoms. The van der Waals surface area contributed by atoms with Gasteiger partial charge in [0.2, 0.25) is 5.91 Å². The molecule has 13 heavy (non-hydrogen) atoms. The maximum absolute atomic E-state index is 11.4. The normalized spacial score (nSPS) is 35.2. The summed E-state index contributed by atoms with van der Waals surface area (Å²) in [5, 5.41) is 9.09. The van der Waals surface area contributed by atoms with E-state index < -0.39 is 0 Å². The molecule has 2 rings (SSSR count). The zero-order valence-electron chi connectivity index (χ0n) is 7.94. The predicted molar refractivity (Wildman–Crippen MR) is 48.2 cm³/mol. The Morgan fingerprint density at radius 3 is 3.00 bits per heavy atom. The van der Waals surface area contributed by atoms with Gasteiger partial charge in [-0.2, -0.15) is 0 Å². The molecule has 4 nitrogen and oxygen atoms in total. The summed E-state index contributed by atoms with van der Waals surface area (Å²) in [6.07, 6.45) is 2.14. The number of fused-ring (bicyclic) bond motifs is 1. The van der Waals surface area contributed by atoms with Crippen molar-refractivity contribution >= 4 is 5.91 Å². The van der Waals surface area contributed by atoms with Gasteiger partial charge in [0.05, 0.1) is 13.2 Å². The van der Waals surface area contributed by atoms with Crippen LogP contribution in [0.4, 0.5) is 0 Å². The molecule has 1 amide bonds. The molecule has 0 aromatic carbocycles. The van der Waals surface area contributed by atoms with Crippen molar-refractivity contribution < 1.29 is 9.90 Å². The zero-order valence-corrected chi connectivity index (χ0v) is 7.94. The van der Waals surface area contributed by atoms with Gasteiger partial charge < -0.3 is 10.0 Å². The molecule has 2 saturated heterocycles. The summed E-state index contributed by atoms with van der Waals surface area (Å²) in [5.41, 5.74) is 0. The summed E-state index contributed by atoms with van der Waals surface area (Å²) in [6, 6.07) is 0.711. The molecule has 0 radical (unpaired) electrons. The molecule has 2 fully saturated rings. The third-order valence-electron chi connectivity index (χ3n) is 3.21. The Kier molecular flexibility index (Phi) is 2.26. The Bertz CT molecular complexity index is 220. The summed E-state index contributed by atoms with van der Waals surface area (Å²) in [7, 11) is 1.85. The van der Waals surface area contributed by atoms with Crippen LogP contribution < -0.4 is 0 Å². The summed E-state index contributed by atoms with van der Waals surface area (Å²) in [6.45, 7) is 1.51. The Balaban J connectivity index is 2.07. The van der Waals surface area contributed by atoms with E-state index in [1.165, 1.54) is 0 Å². The maximum Gasteiger partial charge on any atom is 0.236 e. The first kappa shape index (κ1) is 8.97. The summed E-state index contributed by atoms with van der Waals surface area (Å²) >= 11 is 0. The van der Waals surface area contributed by atoms with Crippen LogP contribution in [-0.2, 0) is 4.79 Å². The predicted octanol–water partition coefficient (Wildman–Crippen LogP) is -0.716. The molecular weight excluding hydrogens is 168 g/mol. The monoisotopic (exact) mass is 184 g/mol. The van der Waals surface area contributed by atoms with E-state index in [-0.39, 0.29) is 18.6 Å². The first-order chi connectivity index (χ1) is 6.22. The molecular formula is C9H16N2O2. The highest BCUT2D eigenvalue weighted by molar-refractivity contribution is 5.79. The van der Waals surface area contributed by atoms with E-state index in [9.17, 15) is 4.79 Å². The highest BCUT2D eigenvalue weighted by atomic mass is 16.3. The van der Waals surface area contributed by atoms with Crippen molar-refractivity contribution in [3.63, 3.8) is 0 Å². The number of carbonyl (C=O) groups is 1. The average Bonchev–Trinajstić information content (AvgIpc) is 2.48. The van der Waals surface area contributed by atoms with Crippen LogP contribution in [0.2, 0.25) is 0 Å². The topological polar surface area (TPSA) is 43.8 Å². The number of amides is 1. The standard InChI is InChI=1S/C9H16N2O2/c1-10-4-7-2-3-8(6-12)11(7)5-9(10)13/h7-8,12H,2-6H2,1H3. The number of aliphatic hydroxyl groups excluding tert-OH is 1. The van der Waals surface area contributed by atoms with E-state index in [2.05, 4.69) is 4.90 Å². The van der Waals surface area contributed by atoms with Gasteiger partial charge >= 0.3 is 0 Å². The van der Waals surface area contributed by atoms with Crippen LogP contribution in [0.15, 0.2) is 0 Å². The van der Waals surface area contributed by atoms with Crippen LogP contribution in [0.25, 0.3) is 0 Å². The van der Waals surface area contributed by atoms with Crippen molar-refractivity contribution in [2.45, 2.75) is 24.9 Å². The lowest BCUT2D eigenvalue weighted by Crippen LogP contribution is -2.54. The number of likely N-dealkylation sites (N-methyl/N-ethyl adjacent to an activating group) is 1. The van der Waals surface area contributed by atoms with Gasteiger partial charge in [0, 0.05) is 25.7 Å². The molecule has 2 aliphatic heterocycles. The van der Waals surface area contributed by atoms with Gasteiger partial charge in [-0.25, -0.2) is 0 Å². The van der Waals surface area contributed by atoms with Crippen molar-refractivity contribution in [3.05, 3.63) is 0 Å². The second-order valence-electron chi connectivity index (χ2n) is 4.01. The maximum atomic E-state index is 11.4. The lowest BCUT2D eigenvalue weighted by atomic mass is 10.2. The highest BCUT2D eigenvalue weighted by Crippen LogP contribution is 2.26. The van der Waals surface area contributed by atoms with Crippen LogP contribution in [0.5, 0.6) is 0 Å².